The van der Waals surface area contributed by atoms with Crippen LogP contribution in [0.5, 0.6) is 0 Å². The summed E-state index contributed by atoms with van der Waals surface area (Å²) in [5, 5.41) is 3.41. The second-order valence-corrected chi connectivity index (χ2v) is 4.80. The molecular weight excluding hydrogens is 254 g/mol. The van der Waals surface area contributed by atoms with E-state index in [1.165, 1.54) is 58.7 Å². The highest BCUT2D eigenvalue weighted by Gasteiger charge is 2.20. The van der Waals surface area contributed by atoms with Gasteiger partial charge in [-0.25, -0.2) is 0 Å². The van der Waals surface area contributed by atoms with E-state index in [1.807, 2.05) is 13.8 Å². The van der Waals surface area contributed by atoms with Crippen LogP contribution < -0.4 is 5.32 Å². The number of likely N-dealkylation sites (tertiary alicyclic amines) is 1. The first-order valence-corrected chi connectivity index (χ1v) is 8.30. The zero-order chi connectivity index (χ0) is 13.8. The number of thiol groups is 1. The molecule has 2 aliphatic heterocycles. The van der Waals surface area contributed by atoms with Crippen molar-refractivity contribution in [3.63, 3.8) is 0 Å². The molecule has 2 fully saturated rings. The molecule has 0 unspecified atom stereocenters. The van der Waals surface area contributed by atoms with Crippen molar-refractivity contribution in [2.75, 3.05) is 59.1 Å². The Morgan fingerprint density at radius 3 is 1.95 bits per heavy atom. The van der Waals surface area contributed by atoms with Gasteiger partial charge in [-0.3, -0.25) is 0 Å². The van der Waals surface area contributed by atoms with Crippen LogP contribution in [0.25, 0.3) is 0 Å². The van der Waals surface area contributed by atoms with Crippen LogP contribution in [0.4, 0.5) is 0 Å². The molecular formula is C15H37N3S. The van der Waals surface area contributed by atoms with Gasteiger partial charge in [-0.1, -0.05) is 21.3 Å². The molecule has 3 nitrogen and oxygen atoms in total. The highest BCUT2D eigenvalue weighted by molar-refractivity contribution is 7.79. The minimum atomic E-state index is 0. The first-order valence-electron chi connectivity index (χ1n) is 7.41. The Morgan fingerprint density at radius 1 is 1.00 bits per heavy atom. The van der Waals surface area contributed by atoms with E-state index in [2.05, 4.69) is 34.8 Å². The Bertz CT molecular complexity index is 165. The number of rotatable bonds is 2. The number of hydrogen-bond acceptors (Lipinski definition) is 4. The molecule has 0 bridgehead atoms. The lowest BCUT2D eigenvalue weighted by Gasteiger charge is -2.34. The fourth-order valence-electron chi connectivity index (χ4n) is 2.50. The highest BCUT2D eigenvalue weighted by Crippen LogP contribution is 2.17. The van der Waals surface area contributed by atoms with Crippen molar-refractivity contribution in [1.29, 1.82) is 0 Å². The number of nitrogens with zero attached hydrogens (tertiary/aromatic N) is 2. The topological polar surface area (TPSA) is 18.5 Å². The Hall–Kier alpha value is 0.230. The van der Waals surface area contributed by atoms with Crippen molar-refractivity contribution in [3.05, 3.63) is 0 Å². The predicted molar refractivity (Wildman–Crippen MR) is 92.5 cm³/mol. The molecule has 2 saturated heterocycles. The van der Waals surface area contributed by atoms with Crippen LogP contribution in [0, 0.1) is 5.92 Å². The van der Waals surface area contributed by atoms with Gasteiger partial charge in [-0.15, -0.1) is 0 Å². The van der Waals surface area contributed by atoms with Crippen LogP contribution in [0.15, 0.2) is 0 Å². The van der Waals surface area contributed by atoms with E-state index in [4.69, 9.17) is 0 Å². The fourth-order valence-corrected chi connectivity index (χ4v) is 2.50. The number of hydrogen-bond donors (Lipinski definition) is 2. The average Bonchev–Trinajstić information content (AvgIpc) is 2.47. The van der Waals surface area contributed by atoms with E-state index >= 15 is 0 Å². The monoisotopic (exact) mass is 291 g/mol. The van der Waals surface area contributed by atoms with Crippen molar-refractivity contribution < 1.29 is 0 Å². The molecule has 118 valence electrons. The van der Waals surface area contributed by atoms with Crippen molar-refractivity contribution in [2.24, 2.45) is 5.92 Å². The van der Waals surface area contributed by atoms with Crippen LogP contribution in [0.1, 0.15) is 34.1 Å². The molecule has 2 aliphatic rings. The van der Waals surface area contributed by atoms with E-state index in [0.29, 0.717) is 0 Å². The maximum atomic E-state index is 3.53. The van der Waals surface area contributed by atoms with Gasteiger partial charge in [0.2, 0.25) is 0 Å². The van der Waals surface area contributed by atoms with Gasteiger partial charge in [-0.2, -0.15) is 12.6 Å². The maximum Gasteiger partial charge on any atom is 0.0107 e. The molecule has 1 N–H and O–H groups in total. The molecule has 0 amide bonds. The minimum Gasteiger partial charge on any atom is -0.314 e. The van der Waals surface area contributed by atoms with Crippen molar-refractivity contribution >= 4 is 12.6 Å². The summed E-state index contributed by atoms with van der Waals surface area (Å²) in [6.45, 7) is 12.8. The summed E-state index contributed by atoms with van der Waals surface area (Å²) in [6.07, 6.45) is 4.50. The molecule has 2 rings (SSSR count). The summed E-state index contributed by atoms with van der Waals surface area (Å²) >= 11 is 3.53. The van der Waals surface area contributed by atoms with Crippen LogP contribution in [0.3, 0.4) is 0 Å². The average molecular weight is 292 g/mol. The zero-order valence-electron chi connectivity index (χ0n) is 12.8. The summed E-state index contributed by atoms with van der Waals surface area (Å²) in [7, 11) is 2.24. The largest absolute Gasteiger partial charge is 0.314 e. The third-order valence-corrected chi connectivity index (χ3v) is 3.56. The van der Waals surface area contributed by atoms with Crippen LogP contribution in [0.2, 0.25) is 0 Å². The van der Waals surface area contributed by atoms with Gasteiger partial charge in [-0.05, 0) is 45.2 Å². The first-order chi connectivity index (χ1) is 8.84. The van der Waals surface area contributed by atoms with E-state index in [9.17, 15) is 0 Å². The maximum absolute atomic E-state index is 3.53. The number of nitrogens with one attached hydrogen (secondary N) is 1. The number of piperidine rings is 1. The summed E-state index contributed by atoms with van der Waals surface area (Å²) in [5.74, 6) is 0.962. The SMILES string of the molecule is C.CC.CN1CCC(CN2CCNCC2)CC1.CS. The summed E-state index contributed by atoms with van der Waals surface area (Å²) in [4.78, 5) is 5.08. The summed E-state index contributed by atoms with van der Waals surface area (Å²) in [6, 6.07) is 0. The molecule has 0 aromatic rings. The first kappa shape index (κ1) is 21.5. The lowest BCUT2D eigenvalue weighted by molar-refractivity contribution is 0.150. The Labute approximate surface area is 127 Å². The van der Waals surface area contributed by atoms with Gasteiger partial charge in [0.05, 0.1) is 0 Å². The Balaban J connectivity index is 0. The normalized spacial score (nSPS) is 21.3. The molecule has 0 radical (unpaired) electrons. The fraction of sp³-hybridized carbons (Fsp3) is 1.00. The smallest absolute Gasteiger partial charge is 0.0107 e. The molecule has 19 heavy (non-hydrogen) atoms. The van der Waals surface area contributed by atoms with Gasteiger partial charge in [0.25, 0.3) is 0 Å². The molecule has 2 heterocycles. The molecule has 4 heteroatoms. The lowest BCUT2D eigenvalue weighted by atomic mass is 9.96. The van der Waals surface area contributed by atoms with E-state index in [-0.39, 0.29) is 7.43 Å². The Morgan fingerprint density at radius 2 is 1.47 bits per heavy atom. The minimum absolute atomic E-state index is 0. The van der Waals surface area contributed by atoms with E-state index in [0.717, 1.165) is 5.92 Å². The van der Waals surface area contributed by atoms with Crippen LogP contribution in [-0.2, 0) is 0 Å². The second kappa shape index (κ2) is 14.6. The quantitative estimate of drug-likeness (QED) is 0.762. The predicted octanol–water partition coefficient (Wildman–Crippen LogP) is 2.44. The van der Waals surface area contributed by atoms with Gasteiger partial charge >= 0.3 is 0 Å². The standard InChI is InChI=1S/C11H23N3.C2H6.CH4S.CH4/c1-13-6-2-11(3-7-13)10-14-8-4-12-5-9-14;2*1-2;/h11-12H,2-10H2,1H3;1-2H3;2H,1H3;1H4. The molecule has 0 aromatic carbocycles. The molecule has 0 atom stereocenters. The molecule has 0 aliphatic carbocycles. The molecule has 0 aromatic heterocycles. The van der Waals surface area contributed by atoms with Crippen LogP contribution >= 0.6 is 12.6 Å². The van der Waals surface area contributed by atoms with Gasteiger partial charge in [0.1, 0.15) is 0 Å². The molecule has 0 spiro atoms. The van der Waals surface area contributed by atoms with Gasteiger partial charge < -0.3 is 15.1 Å². The third kappa shape index (κ3) is 9.72. The number of piperazine rings is 1. The van der Waals surface area contributed by atoms with Crippen molar-refractivity contribution in [2.45, 2.75) is 34.1 Å². The Kier molecular flexibility index (Phi) is 16.6. The van der Waals surface area contributed by atoms with E-state index in [1.54, 1.807) is 6.26 Å². The molecule has 0 saturated carbocycles. The zero-order valence-corrected chi connectivity index (χ0v) is 13.7. The third-order valence-electron chi connectivity index (χ3n) is 3.56. The lowest BCUT2D eigenvalue weighted by Crippen LogP contribution is -2.46. The van der Waals surface area contributed by atoms with Crippen LogP contribution in [-0.4, -0.2) is 68.9 Å². The highest BCUT2D eigenvalue weighted by atomic mass is 32.1. The summed E-state index contributed by atoms with van der Waals surface area (Å²) in [5.41, 5.74) is 0. The van der Waals surface area contributed by atoms with Crippen molar-refractivity contribution in [3.8, 4) is 0 Å². The van der Waals surface area contributed by atoms with Gasteiger partial charge in [0.15, 0.2) is 0 Å². The van der Waals surface area contributed by atoms with E-state index < -0.39 is 0 Å². The summed E-state index contributed by atoms with van der Waals surface area (Å²) < 4.78 is 0. The van der Waals surface area contributed by atoms with Crippen molar-refractivity contribution in [1.82, 2.24) is 15.1 Å². The van der Waals surface area contributed by atoms with Gasteiger partial charge in [0, 0.05) is 32.7 Å². The second-order valence-electron chi connectivity index (χ2n) is 4.80.